The molecule has 0 unspecified atom stereocenters. The highest BCUT2D eigenvalue weighted by Crippen LogP contribution is 2.32. The molecule has 17 heavy (non-hydrogen) atoms. The Kier molecular flexibility index (Phi) is 3.16. The molecule has 0 aliphatic heterocycles. The molecule has 0 saturated heterocycles. The SMILES string of the molecule is Cc1ccc(Cl)c(C(=O)O)c1-c1ccccc1. The first-order valence-corrected chi connectivity index (χ1v) is 5.57. The summed E-state index contributed by atoms with van der Waals surface area (Å²) in [6, 6.07) is 12.9. The second-order valence-corrected chi connectivity index (χ2v) is 4.19. The largest absolute Gasteiger partial charge is 0.478 e. The summed E-state index contributed by atoms with van der Waals surface area (Å²) in [6.45, 7) is 1.88. The van der Waals surface area contributed by atoms with Gasteiger partial charge in [0.25, 0.3) is 0 Å². The first kappa shape index (κ1) is 11.7. The lowest BCUT2D eigenvalue weighted by molar-refractivity contribution is 0.0698. The normalized spacial score (nSPS) is 10.2. The van der Waals surface area contributed by atoms with E-state index in [4.69, 9.17) is 11.6 Å². The van der Waals surface area contributed by atoms with E-state index in [2.05, 4.69) is 0 Å². The van der Waals surface area contributed by atoms with Crippen molar-refractivity contribution in [2.45, 2.75) is 6.92 Å². The molecule has 0 amide bonds. The van der Waals surface area contributed by atoms with E-state index in [9.17, 15) is 9.90 Å². The Balaban J connectivity index is 2.76. The van der Waals surface area contributed by atoms with Crippen LogP contribution in [0.5, 0.6) is 0 Å². The van der Waals surface area contributed by atoms with Gasteiger partial charge in [-0.1, -0.05) is 48.0 Å². The van der Waals surface area contributed by atoms with E-state index in [-0.39, 0.29) is 10.6 Å². The lowest BCUT2D eigenvalue weighted by Crippen LogP contribution is -2.02. The third kappa shape index (κ3) is 2.17. The molecule has 86 valence electrons. The molecule has 0 saturated carbocycles. The second-order valence-electron chi connectivity index (χ2n) is 3.79. The van der Waals surface area contributed by atoms with E-state index in [0.29, 0.717) is 5.56 Å². The predicted octanol–water partition coefficient (Wildman–Crippen LogP) is 4.01. The number of aryl methyl sites for hydroxylation is 1. The molecule has 0 fully saturated rings. The summed E-state index contributed by atoms with van der Waals surface area (Å²) in [7, 11) is 0. The lowest BCUT2D eigenvalue weighted by atomic mass is 9.95. The topological polar surface area (TPSA) is 37.3 Å². The second kappa shape index (κ2) is 4.60. The minimum absolute atomic E-state index is 0.165. The molecule has 2 aromatic carbocycles. The van der Waals surface area contributed by atoms with Gasteiger partial charge in [-0.15, -0.1) is 0 Å². The van der Waals surface area contributed by atoms with Crippen molar-refractivity contribution in [1.29, 1.82) is 0 Å². The van der Waals surface area contributed by atoms with E-state index in [1.807, 2.05) is 43.3 Å². The zero-order valence-corrected chi connectivity index (χ0v) is 10.0. The number of carboxylic acid groups (broad SMARTS) is 1. The molecule has 1 N–H and O–H groups in total. The van der Waals surface area contributed by atoms with Gasteiger partial charge in [0.05, 0.1) is 10.6 Å². The summed E-state index contributed by atoms with van der Waals surface area (Å²) in [5.41, 5.74) is 2.62. The van der Waals surface area contributed by atoms with Crippen molar-refractivity contribution < 1.29 is 9.90 Å². The quantitative estimate of drug-likeness (QED) is 0.869. The minimum atomic E-state index is -1.00. The van der Waals surface area contributed by atoms with E-state index < -0.39 is 5.97 Å². The van der Waals surface area contributed by atoms with Crippen LogP contribution < -0.4 is 0 Å². The molecular weight excluding hydrogens is 236 g/mol. The summed E-state index contributed by atoms with van der Waals surface area (Å²) in [5, 5.41) is 9.51. The van der Waals surface area contributed by atoms with Crippen molar-refractivity contribution in [3.63, 3.8) is 0 Å². The van der Waals surface area contributed by atoms with E-state index >= 15 is 0 Å². The molecule has 0 spiro atoms. The Labute approximate surface area is 104 Å². The van der Waals surface area contributed by atoms with Crippen molar-refractivity contribution >= 4 is 17.6 Å². The summed E-state index contributed by atoms with van der Waals surface area (Å²) in [4.78, 5) is 11.3. The van der Waals surface area contributed by atoms with Gasteiger partial charge >= 0.3 is 5.97 Å². The van der Waals surface area contributed by atoms with Crippen LogP contribution in [0.15, 0.2) is 42.5 Å². The van der Waals surface area contributed by atoms with Crippen LogP contribution in [0.25, 0.3) is 11.1 Å². The van der Waals surface area contributed by atoms with Crippen LogP contribution in [0.2, 0.25) is 5.02 Å². The molecule has 0 heterocycles. The lowest BCUT2D eigenvalue weighted by Gasteiger charge is -2.11. The third-order valence-electron chi connectivity index (χ3n) is 2.64. The van der Waals surface area contributed by atoms with Crippen molar-refractivity contribution in [3.8, 4) is 11.1 Å². The number of benzene rings is 2. The van der Waals surface area contributed by atoms with E-state index in [1.54, 1.807) is 6.07 Å². The summed E-state index contributed by atoms with van der Waals surface area (Å²) < 4.78 is 0. The Bertz CT molecular complexity index is 562. The van der Waals surface area contributed by atoms with Crippen LogP contribution in [-0.2, 0) is 0 Å². The maximum absolute atomic E-state index is 11.3. The van der Waals surface area contributed by atoms with Crippen molar-refractivity contribution in [1.82, 2.24) is 0 Å². The minimum Gasteiger partial charge on any atom is -0.478 e. The fourth-order valence-electron chi connectivity index (χ4n) is 1.87. The zero-order valence-electron chi connectivity index (χ0n) is 9.27. The van der Waals surface area contributed by atoms with Gasteiger partial charge in [0, 0.05) is 5.56 Å². The Morgan fingerprint density at radius 3 is 2.35 bits per heavy atom. The number of rotatable bonds is 2. The first-order valence-electron chi connectivity index (χ1n) is 5.19. The molecule has 0 atom stereocenters. The molecule has 3 heteroatoms. The van der Waals surface area contributed by atoms with Crippen LogP contribution in [0.1, 0.15) is 15.9 Å². The van der Waals surface area contributed by atoms with Crippen LogP contribution in [-0.4, -0.2) is 11.1 Å². The standard InChI is InChI=1S/C14H11ClO2/c1-9-7-8-11(15)13(14(16)17)12(9)10-5-3-2-4-6-10/h2-8H,1H3,(H,16,17). The molecule has 0 radical (unpaired) electrons. The smallest absolute Gasteiger partial charge is 0.337 e. The highest BCUT2D eigenvalue weighted by Gasteiger charge is 2.17. The molecule has 2 rings (SSSR count). The average molecular weight is 247 g/mol. The molecule has 0 bridgehead atoms. The number of hydrogen-bond acceptors (Lipinski definition) is 1. The molecule has 0 aliphatic carbocycles. The first-order chi connectivity index (χ1) is 8.11. The summed E-state index contributed by atoms with van der Waals surface area (Å²) in [6.07, 6.45) is 0. The van der Waals surface area contributed by atoms with Crippen LogP contribution in [0.4, 0.5) is 0 Å². The summed E-state index contributed by atoms with van der Waals surface area (Å²) >= 11 is 5.97. The fourth-order valence-corrected chi connectivity index (χ4v) is 2.11. The van der Waals surface area contributed by atoms with E-state index in [0.717, 1.165) is 11.1 Å². The van der Waals surface area contributed by atoms with Crippen LogP contribution in [0, 0.1) is 6.92 Å². The number of carboxylic acids is 1. The van der Waals surface area contributed by atoms with Gasteiger partial charge in [0.1, 0.15) is 0 Å². The fraction of sp³-hybridized carbons (Fsp3) is 0.0714. The molecule has 0 aliphatic rings. The van der Waals surface area contributed by atoms with Gasteiger partial charge in [-0.3, -0.25) is 0 Å². The van der Waals surface area contributed by atoms with E-state index in [1.165, 1.54) is 0 Å². The molecule has 2 nitrogen and oxygen atoms in total. The summed E-state index contributed by atoms with van der Waals surface area (Å²) in [5.74, 6) is -1.00. The highest BCUT2D eigenvalue weighted by molar-refractivity contribution is 6.34. The van der Waals surface area contributed by atoms with Crippen molar-refractivity contribution in [2.75, 3.05) is 0 Å². The number of aromatic carboxylic acids is 1. The van der Waals surface area contributed by atoms with Gasteiger partial charge < -0.3 is 5.11 Å². The maximum Gasteiger partial charge on any atom is 0.337 e. The predicted molar refractivity (Wildman–Crippen MR) is 68.6 cm³/mol. The van der Waals surface area contributed by atoms with Crippen LogP contribution in [0.3, 0.4) is 0 Å². The van der Waals surface area contributed by atoms with Crippen molar-refractivity contribution in [3.05, 3.63) is 58.6 Å². The average Bonchev–Trinajstić information content (AvgIpc) is 2.32. The highest BCUT2D eigenvalue weighted by atomic mass is 35.5. The monoisotopic (exact) mass is 246 g/mol. The Morgan fingerprint density at radius 1 is 1.12 bits per heavy atom. The number of carbonyl (C=O) groups is 1. The molecule has 2 aromatic rings. The van der Waals surface area contributed by atoms with Gasteiger partial charge in [0.2, 0.25) is 0 Å². The zero-order chi connectivity index (χ0) is 12.4. The number of hydrogen-bond donors (Lipinski definition) is 1. The molecule has 0 aromatic heterocycles. The Hall–Kier alpha value is -1.80. The van der Waals surface area contributed by atoms with Gasteiger partial charge in [-0.25, -0.2) is 4.79 Å². The van der Waals surface area contributed by atoms with Crippen LogP contribution >= 0.6 is 11.6 Å². The van der Waals surface area contributed by atoms with Crippen molar-refractivity contribution in [2.24, 2.45) is 0 Å². The maximum atomic E-state index is 11.3. The molecular formula is C14H11ClO2. The number of halogens is 1. The third-order valence-corrected chi connectivity index (χ3v) is 2.95. The van der Waals surface area contributed by atoms with Gasteiger partial charge in [-0.05, 0) is 24.1 Å². The van der Waals surface area contributed by atoms with Gasteiger partial charge in [-0.2, -0.15) is 0 Å². The Morgan fingerprint density at radius 2 is 1.76 bits per heavy atom. The van der Waals surface area contributed by atoms with Gasteiger partial charge in [0.15, 0.2) is 0 Å².